The molecule has 1 atom stereocenters. The minimum absolute atomic E-state index is 0. The molecule has 1 aromatic carbocycles. The number of hydrogen-bond acceptors (Lipinski definition) is 5. The molecule has 1 unspecified atom stereocenters. The molecule has 1 saturated carbocycles. The SMILES string of the molecule is CC(CN)(NC(=O)c1cccc(S(=O)(=O)N2CCOCC2)c1)C1CC1.Cl. The lowest BCUT2D eigenvalue weighted by Crippen LogP contribution is -2.53. The van der Waals surface area contributed by atoms with Crippen molar-refractivity contribution < 1.29 is 17.9 Å². The van der Waals surface area contributed by atoms with Crippen LogP contribution < -0.4 is 11.1 Å². The van der Waals surface area contributed by atoms with Crippen LogP contribution in [0.1, 0.15) is 30.1 Å². The Morgan fingerprint density at radius 1 is 1.35 bits per heavy atom. The molecule has 7 nitrogen and oxygen atoms in total. The van der Waals surface area contributed by atoms with Gasteiger partial charge in [0.2, 0.25) is 10.0 Å². The van der Waals surface area contributed by atoms with Gasteiger partial charge in [0.15, 0.2) is 0 Å². The average Bonchev–Trinajstić information content (AvgIpc) is 3.48. The molecule has 1 amide bonds. The fourth-order valence-electron chi connectivity index (χ4n) is 3.11. The van der Waals surface area contributed by atoms with E-state index in [-0.39, 0.29) is 23.2 Å². The van der Waals surface area contributed by atoms with E-state index < -0.39 is 15.6 Å². The number of nitrogens with two attached hydrogens (primary N) is 1. The third-order valence-corrected chi connectivity index (χ3v) is 6.90. The number of sulfonamides is 1. The zero-order chi connectivity index (χ0) is 18.1. The summed E-state index contributed by atoms with van der Waals surface area (Å²) in [5, 5.41) is 2.99. The maximum atomic E-state index is 12.7. The Balaban J connectivity index is 0.00000243. The summed E-state index contributed by atoms with van der Waals surface area (Å²) in [7, 11) is -3.62. The van der Waals surface area contributed by atoms with Crippen LogP contribution in [0.2, 0.25) is 0 Å². The molecular formula is C17H26ClN3O4S. The first kappa shape index (κ1) is 21.1. The number of hydrogen-bond donors (Lipinski definition) is 2. The molecule has 0 radical (unpaired) electrons. The van der Waals surface area contributed by atoms with E-state index in [4.69, 9.17) is 10.5 Å². The maximum absolute atomic E-state index is 12.7. The smallest absolute Gasteiger partial charge is 0.251 e. The number of rotatable bonds is 6. The highest BCUT2D eigenvalue weighted by molar-refractivity contribution is 7.89. The average molecular weight is 404 g/mol. The van der Waals surface area contributed by atoms with Crippen molar-refractivity contribution in [2.24, 2.45) is 11.7 Å². The van der Waals surface area contributed by atoms with Gasteiger partial charge < -0.3 is 15.8 Å². The number of carbonyl (C=O) groups excluding carboxylic acids is 1. The molecule has 2 aliphatic rings. The molecule has 26 heavy (non-hydrogen) atoms. The number of carbonyl (C=O) groups is 1. The van der Waals surface area contributed by atoms with E-state index in [1.165, 1.54) is 16.4 Å². The first-order valence-corrected chi connectivity index (χ1v) is 10.0. The van der Waals surface area contributed by atoms with Gasteiger partial charge in [-0.1, -0.05) is 6.07 Å². The molecule has 1 aromatic rings. The minimum Gasteiger partial charge on any atom is -0.379 e. The molecule has 3 N–H and O–H groups in total. The zero-order valence-electron chi connectivity index (χ0n) is 14.8. The predicted octanol–water partition coefficient (Wildman–Crippen LogP) is 0.986. The molecule has 9 heteroatoms. The van der Waals surface area contributed by atoms with Gasteiger partial charge in [-0.15, -0.1) is 12.4 Å². The first-order valence-electron chi connectivity index (χ1n) is 8.57. The topological polar surface area (TPSA) is 102 Å². The normalized spacial score (nSPS) is 20.7. The third kappa shape index (κ3) is 4.37. The van der Waals surface area contributed by atoms with Crippen LogP contribution in [0.5, 0.6) is 0 Å². The van der Waals surface area contributed by atoms with Gasteiger partial charge in [0.05, 0.1) is 23.6 Å². The lowest BCUT2D eigenvalue weighted by atomic mass is 9.95. The van der Waals surface area contributed by atoms with Gasteiger partial charge in [-0.05, 0) is 43.9 Å². The summed E-state index contributed by atoms with van der Waals surface area (Å²) in [6, 6.07) is 6.17. The van der Waals surface area contributed by atoms with Crippen molar-refractivity contribution in [3.05, 3.63) is 29.8 Å². The van der Waals surface area contributed by atoms with E-state index in [1.807, 2.05) is 6.92 Å². The van der Waals surface area contributed by atoms with E-state index in [2.05, 4.69) is 5.32 Å². The molecule has 3 rings (SSSR count). The van der Waals surface area contributed by atoms with E-state index in [1.54, 1.807) is 12.1 Å². The van der Waals surface area contributed by atoms with Crippen LogP contribution in [-0.4, -0.2) is 57.0 Å². The molecule has 0 spiro atoms. The van der Waals surface area contributed by atoms with Crippen molar-refractivity contribution in [2.45, 2.75) is 30.2 Å². The molecule has 0 aromatic heterocycles. The van der Waals surface area contributed by atoms with E-state index in [0.29, 0.717) is 44.3 Å². The van der Waals surface area contributed by atoms with Crippen LogP contribution >= 0.6 is 12.4 Å². The summed E-state index contributed by atoms with van der Waals surface area (Å²) in [4.78, 5) is 12.7. The van der Waals surface area contributed by atoms with Gasteiger partial charge in [-0.2, -0.15) is 4.31 Å². The van der Waals surface area contributed by atoms with Gasteiger partial charge in [-0.3, -0.25) is 4.79 Å². The molecule has 1 heterocycles. The Morgan fingerprint density at radius 2 is 2.00 bits per heavy atom. The Labute approximate surface area is 160 Å². The highest BCUT2D eigenvalue weighted by atomic mass is 35.5. The molecule has 1 aliphatic carbocycles. The quantitative estimate of drug-likeness (QED) is 0.737. The number of benzene rings is 1. The maximum Gasteiger partial charge on any atom is 0.251 e. The largest absolute Gasteiger partial charge is 0.379 e. The van der Waals surface area contributed by atoms with Crippen LogP contribution in [0.15, 0.2) is 29.2 Å². The Morgan fingerprint density at radius 3 is 2.58 bits per heavy atom. The van der Waals surface area contributed by atoms with Crippen molar-refractivity contribution in [2.75, 3.05) is 32.8 Å². The summed E-state index contributed by atoms with van der Waals surface area (Å²) in [5.74, 6) is 0.0978. The summed E-state index contributed by atoms with van der Waals surface area (Å²) in [5.41, 5.74) is 5.72. The predicted molar refractivity (Wildman–Crippen MR) is 101 cm³/mol. The number of morpholine rings is 1. The Bertz CT molecular complexity index is 748. The number of nitrogens with zero attached hydrogens (tertiary/aromatic N) is 1. The van der Waals surface area contributed by atoms with Crippen LogP contribution in [0, 0.1) is 5.92 Å². The van der Waals surface area contributed by atoms with Gasteiger partial charge in [-0.25, -0.2) is 8.42 Å². The second-order valence-electron chi connectivity index (χ2n) is 6.89. The monoisotopic (exact) mass is 403 g/mol. The highest BCUT2D eigenvalue weighted by Crippen LogP contribution is 2.39. The second kappa shape index (κ2) is 8.22. The van der Waals surface area contributed by atoms with E-state index in [0.717, 1.165) is 12.8 Å². The van der Waals surface area contributed by atoms with E-state index >= 15 is 0 Å². The number of halogens is 1. The first-order chi connectivity index (χ1) is 11.9. The minimum atomic E-state index is -3.62. The van der Waals surface area contributed by atoms with Crippen LogP contribution in [-0.2, 0) is 14.8 Å². The number of nitrogens with one attached hydrogen (secondary N) is 1. The Kier molecular flexibility index (Phi) is 6.68. The summed E-state index contributed by atoms with van der Waals surface area (Å²) in [6.07, 6.45) is 2.11. The van der Waals surface area contributed by atoms with Crippen molar-refractivity contribution in [1.29, 1.82) is 0 Å². The fourth-order valence-corrected chi connectivity index (χ4v) is 4.56. The third-order valence-electron chi connectivity index (χ3n) is 5.01. The zero-order valence-corrected chi connectivity index (χ0v) is 16.4. The molecule has 1 aliphatic heterocycles. The van der Waals surface area contributed by atoms with Crippen LogP contribution in [0.25, 0.3) is 0 Å². The second-order valence-corrected chi connectivity index (χ2v) is 8.83. The van der Waals surface area contributed by atoms with Gasteiger partial charge >= 0.3 is 0 Å². The molecule has 0 bridgehead atoms. The highest BCUT2D eigenvalue weighted by Gasteiger charge is 2.41. The van der Waals surface area contributed by atoms with Gasteiger partial charge in [0.1, 0.15) is 0 Å². The molecular weight excluding hydrogens is 378 g/mol. The van der Waals surface area contributed by atoms with E-state index in [9.17, 15) is 13.2 Å². The molecule has 1 saturated heterocycles. The summed E-state index contributed by atoms with van der Waals surface area (Å²) in [6.45, 7) is 3.72. The van der Waals surface area contributed by atoms with Crippen molar-refractivity contribution >= 4 is 28.3 Å². The molecule has 146 valence electrons. The lowest BCUT2D eigenvalue weighted by Gasteiger charge is -2.29. The van der Waals surface area contributed by atoms with Crippen molar-refractivity contribution in [3.8, 4) is 0 Å². The summed E-state index contributed by atoms with van der Waals surface area (Å²) >= 11 is 0. The van der Waals surface area contributed by atoms with Crippen molar-refractivity contribution in [3.63, 3.8) is 0 Å². The van der Waals surface area contributed by atoms with Crippen molar-refractivity contribution in [1.82, 2.24) is 9.62 Å². The number of ether oxygens (including phenoxy) is 1. The van der Waals surface area contributed by atoms with Gasteiger partial charge in [0.25, 0.3) is 5.91 Å². The lowest BCUT2D eigenvalue weighted by molar-refractivity contribution is 0.0730. The van der Waals surface area contributed by atoms with Crippen LogP contribution in [0.3, 0.4) is 0 Å². The Hall–Kier alpha value is -1.19. The number of amides is 1. The standard InChI is InChI=1S/C17H25N3O4S.ClH/c1-17(12-18,14-5-6-14)19-16(21)13-3-2-4-15(11-13)25(22,23)20-7-9-24-10-8-20;/h2-4,11,14H,5-10,12,18H2,1H3,(H,19,21);1H. The van der Waals surface area contributed by atoms with Gasteiger partial charge in [0, 0.05) is 25.2 Å². The van der Waals surface area contributed by atoms with Crippen LogP contribution in [0.4, 0.5) is 0 Å². The molecule has 2 fully saturated rings. The fraction of sp³-hybridized carbons (Fsp3) is 0.588. The summed E-state index contributed by atoms with van der Waals surface area (Å²) < 4.78 is 32.1.